The molecule has 7 heteroatoms. The van der Waals surface area contributed by atoms with Crippen molar-refractivity contribution in [2.24, 2.45) is 0 Å². The van der Waals surface area contributed by atoms with Gasteiger partial charge in [0.25, 0.3) is 5.56 Å². The summed E-state index contributed by atoms with van der Waals surface area (Å²) >= 11 is 0. The van der Waals surface area contributed by atoms with Crippen LogP contribution in [0.2, 0.25) is 0 Å². The van der Waals surface area contributed by atoms with Gasteiger partial charge in [0.05, 0.1) is 25.3 Å². The Bertz CT molecular complexity index is 1240. The number of fused-ring (bicyclic) bond motifs is 2. The molecule has 0 fully saturated rings. The minimum atomic E-state index is -0.425. The van der Waals surface area contributed by atoms with E-state index in [4.69, 9.17) is 13.6 Å². The number of rotatable bonds is 5. The van der Waals surface area contributed by atoms with Gasteiger partial charge in [-0.3, -0.25) is 14.2 Å². The molecule has 3 heterocycles. The Morgan fingerprint density at radius 2 is 2.07 bits per heavy atom. The van der Waals surface area contributed by atoms with Crippen molar-refractivity contribution in [1.82, 2.24) is 9.55 Å². The zero-order valence-corrected chi connectivity index (χ0v) is 15.0. The van der Waals surface area contributed by atoms with Gasteiger partial charge in [0.1, 0.15) is 22.9 Å². The molecule has 4 aromatic rings. The summed E-state index contributed by atoms with van der Waals surface area (Å²) in [5.74, 6) is 1.73. The summed E-state index contributed by atoms with van der Waals surface area (Å²) in [6.07, 6.45) is 2.91. The van der Waals surface area contributed by atoms with Crippen LogP contribution in [0.3, 0.4) is 0 Å². The molecule has 0 saturated heterocycles. The molecule has 0 aliphatic carbocycles. The summed E-state index contributed by atoms with van der Waals surface area (Å²) < 4.78 is 17.8. The lowest BCUT2D eigenvalue weighted by Gasteiger charge is -2.12. The summed E-state index contributed by atoms with van der Waals surface area (Å²) in [5, 5.41) is 0.258. The Balaban J connectivity index is 2.03. The first-order valence-electron chi connectivity index (χ1n) is 8.69. The third kappa shape index (κ3) is 2.91. The van der Waals surface area contributed by atoms with E-state index in [1.54, 1.807) is 36.6 Å². The summed E-state index contributed by atoms with van der Waals surface area (Å²) in [6.45, 7) is 2.21. The number of aromatic nitrogens is 2. The molecule has 138 valence electrons. The predicted octanol–water partition coefficient (Wildman–Crippen LogP) is 3.11. The maximum Gasteiger partial charge on any atom is 0.269 e. The lowest BCUT2D eigenvalue weighted by Crippen LogP contribution is -2.29. The minimum absolute atomic E-state index is 0.0462. The van der Waals surface area contributed by atoms with Crippen LogP contribution < -0.4 is 15.7 Å². The lowest BCUT2D eigenvalue weighted by molar-refractivity contribution is 0.414. The zero-order valence-electron chi connectivity index (χ0n) is 15.0. The zero-order chi connectivity index (χ0) is 19.0. The van der Waals surface area contributed by atoms with Gasteiger partial charge in [0.15, 0.2) is 5.39 Å². The van der Waals surface area contributed by atoms with Gasteiger partial charge in [-0.1, -0.05) is 6.92 Å². The second-order valence-electron chi connectivity index (χ2n) is 6.22. The van der Waals surface area contributed by atoms with Crippen molar-refractivity contribution in [3.63, 3.8) is 0 Å². The molecular weight excluding hydrogens is 348 g/mol. The van der Waals surface area contributed by atoms with E-state index in [0.717, 1.165) is 6.42 Å². The maximum atomic E-state index is 13.1. The monoisotopic (exact) mass is 366 g/mol. The van der Waals surface area contributed by atoms with E-state index >= 15 is 0 Å². The van der Waals surface area contributed by atoms with Crippen LogP contribution in [0.25, 0.3) is 22.1 Å². The average molecular weight is 366 g/mol. The van der Waals surface area contributed by atoms with Gasteiger partial charge in [-0.05, 0) is 30.7 Å². The van der Waals surface area contributed by atoms with E-state index in [-0.39, 0.29) is 17.6 Å². The second-order valence-corrected chi connectivity index (χ2v) is 6.22. The quantitative estimate of drug-likeness (QED) is 0.504. The Labute approximate surface area is 153 Å². The highest BCUT2D eigenvalue weighted by molar-refractivity contribution is 5.88. The number of hydrogen-bond donors (Lipinski definition) is 0. The molecule has 0 radical (unpaired) electrons. The number of nitrogens with zero attached hydrogens (tertiary/aromatic N) is 2. The summed E-state index contributed by atoms with van der Waals surface area (Å²) in [4.78, 5) is 30.6. The van der Waals surface area contributed by atoms with Gasteiger partial charge >= 0.3 is 0 Å². The number of ether oxygens (including phenoxy) is 1. The Kier molecular flexibility index (Phi) is 4.27. The van der Waals surface area contributed by atoms with Gasteiger partial charge in [0, 0.05) is 12.5 Å². The van der Waals surface area contributed by atoms with Crippen LogP contribution in [-0.2, 0) is 13.0 Å². The van der Waals surface area contributed by atoms with Crippen molar-refractivity contribution in [3.8, 4) is 5.75 Å². The molecule has 0 saturated carbocycles. The SMILES string of the molecule is CCCc1nc2oc3cc(OC)ccc3c(=O)c2c(=O)n1Cc1ccco1. The first-order valence-corrected chi connectivity index (χ1v) is 8.69. The molecule has 0 aliphatic heterocycles. The first kappa shape index (κ1) is 17.1. The molecule has 0 atom stereocenters. The van der Waals surface area contributed by atoms with Crippen LogP contribution in [0.1, 0.15) is 24.9 Å². The topological polar surface area (TPSA) is 87.5 Å². The van der Waals surface area contributed by atoms with Gasteiger partial charge < -0.3 is 13.6 Å². The summed E-state index contributed by atoms with van der Waals surface area (Å²) in [5.41, 5.74) is -0.441. The molecule has 27 heavy (non-hydrogen) atoms. The fourth-order valence-corrected chi connectivity index (χ4v) is 3.12. The first-order chi connectivity index (χ1) is 13.1. The highest BCUT2D eigenvalue weighted by Gasteiger charge is 2.18. The van der Waals surface area contributed by atoms with Crippen LogP contribution in [-0.4, -0.2) is 16.7 Å². The highest BCUT2D eigenvalue weighted by atomic mass is 16.5. The molecule has 7 nitrogen and oxygen atoms in total. The molecule has 0 aliphatic rings. The van der Waals surface area contributed by atoms with Crippen LogP contribution in [0, 0.1) is 0 Å². The van der Waals surface area contributed by atoms with Crippen molar-refractivity contribution in [2.45, 2.75) is 26.3 Å². The highest BCUT2D eigenvalue weighted by Crippen LogP contribution is 2.21. The van der Waals surface area contributed by atoms with E-state index in [1.807, 2.05) is 6.92 Å². The third-order valence-electron chi connectivity index (χ3n) is 4.45. The maximum absolute atomic E-state index is 13.1. The number of benzene rings is 1. The predicted molar refractivity (Wildman–Crippen MR) is 100 cm³/mol. The number of furan rings is 1. The van der Waals surface area contributed by atoms with Crippen molar-refractivity contribution < 1.29 is 13.6 Å². The van der Waals surface area contributed by atoms with Gasteiger partial charge in [-0.2, -0.15) is 4.98 Å². The van der Waals surface area contributed by atoms with Crippen molar-refractivity contribution in [1.29, 1.82) is 0 Å². The normalized spacial score (nSPS) is 11.3. The Morgan fingerprint density at radius 3 is 2.78 bits per heavy atom. The molecule has 0 spiro atoms. The molecule has 0 amide bonds. The Morgan fingerprint density at radius 1 is 1.22 bits per heavy atom. The van der Waals surface area contributed by atoms with Crippen LogP contribution in [0.4, 0.5) is 0 Å². The molecule has 0 unspecified atom stereocenters. The van der Waals surface area contributed by atoms with Crippen LogP contribution in [0.15, 0.2) is 55.0 Å². The Hall–Kier alpha value is -3.35. The molecule has 0 bridgehead atoms. The molecule has 3 aromatic heterocycles. The van der Waals surface area contributed by atoms with Crippen molar-refractivity contribution in [3.05, 3.63) is 68.8 Å². The van der Waals surface area contributed by atoms with Gasteiger partial charge in [-0.25, -0.2) is 0 Å². The average Bonchev–Trinajstić information content (AvgIpc) is 3.17. The van der Waals surface area contributed by atoms with Gasteiger partial charge in [-0.15, -0.1) is 0 Å². The van der Waals surface area contributed by atoms with Crippen molar-refractivity contribution >= 4 is 22.1 Å². The molecule has 1 aromatic carbocycles. The molecule has 4 rings (SSSR count). The van der Waals surface area contributed by atoms with E-state index < -0.39 is 11.0 Å². The van der Waals surface area contributed by atoms with Crippen LogP contribution >= 0.6 is 0 Å². The third-order valence-corrected chi connectivity index (χ3v) is 4.45. The summed E-state index contributed by atoms with van der Waals surface area (Å²) in [7, 11) is 1.53. The fraction of sp³-hybridized carbons (Fsp3) is 0.250. The van der Waals surface area contributed by atoms with E-state index in [1.165, 1.54) is 11.7 Å². The largest absolute Gasteiger partial charge is 0.497 e. The standard InChI is InChI=1S/C20H18N2O5/c1-3-5-16-21-19-17(20(24)22(16)11-13-6-4-9-26-13)18(23)14-8-7-12(25-2)10-15(14)27-19/h4,6-10H,3,5,11H2,1-2H3. The molecular formula is C20H18N2O5. The van der Waals surface area contributed by atoms with Crippen LogP contribution in [0.5, 0.6) is 5.75 Å². The second kappa shape index (κ2) is 6.75. The number of aryl methyl sites for hydroxylation is 1. The lowest BCUT2D eigenvalue weighted by atomic mass is 10.2. The van der Waals surface area contributed by atoms with Gasteiger partial charge in [0.2, 0.25) is 11.1 Å². The van der Waals surface area contributed by atoms with E-state index in [2.05, 4.69) is 4.98 Å². The van der Waals surface area contributed by atoms with Crippen molar-refractivity contribution in [2.75, 3.05) is 7.11 Å². The van der Waals surface area contributed by atoms with E-state index in [0.29, 0.717) is 34.7 Å². The number of hydrogen-bond acceptors (Lipinski definition) is 6. The fourth-order valence-electron chi connectivity index (χ4n) is 3.12. The smallest absolute Gasteiger partial charge is 0.269 e. The summed E-state index contributed by atoms with van der Waals surface area (Å²) in [6, 6.07) is 8.40. The number of methoxy groups -OCH3 is 1. The van der Waals surface area contributed by atoms with E-state index in [9.17, 15) is 9.59 Å². The minimum Gasteiger partial charge on any atom is -0.497 e. The molecule has 0 N–H and O–H groups in total.